The van der Waals surface area contributed by atoms with Gasteiger partial charge in [0.2, 0.25) is 11.8 Å². The zero-order chi connectivity index (χ0) is 15.7. The molecule has 4 nitrogen and oxygen atoms in total. The zero-order valence-electron chi connectivity index (χ0n) is 12.6. The van der Waals surface area contributed by atoms with Crippen molar-refractivity contribution in [1.29, 1.82) is 0 Å². The highest BCUT2D eigenvalue weighted by atomic mass is 16.2. The maximum absolute atomic E-state index is 12.6. The summed E-state index contributed by atoms with van der Waals surface area (Å²) in [5.74, 6) is -0.726. The molecule has 1 aliphatic heterocycles. The highest BCUT2D eigenvalue weighted by molar-refractivity contribution is 6.05. The molecule has 4 heteroatoms. The summed E-state index contributed by atoms with van der Waals surface area (Å²) >= 11 is 0. The lowest BCUT2D eigenvalue weighted by atomic mass is 9.89. The van der Waals surface area contributed by atoms with E-state index in [1.165, 1.54) is 5.56 Å². The van der Waals surface area contributed by atoms with Crippen LogP contribution < -0.4 is 10.6 Å². The van der Waals surface area contributed by atoms with Crippen LogP contribution in [0.5, 0.6) is 0 Å². The van der Waals surface area contributed by atoms with Crippen LogP contribution in [0.3, 0.4) is 0 Å². The van der Waals surface area contributed by atoms with E-state index in [1.807, 2.05) is 56.3 Å². The fourth-order valence-corrected chi connectivity index (χ4v) is 2.69. The van der Waals surface area contributed by atoms with Crippen molar-refractivity contribution in [1.82, 2.24) is 0 Å². The van der Waals surface area contributed by atoms with Crippen LogP contribution in [0.15, 0.2) is 42.5 Å². The first-order valence-electron chi connectivity index (χ1n) is 7.31. The van der Waals surface area contributed by atoms with Gasteiger partial charge in [-0.15, -0.1) is 0 Å². The molecule has 2 aromatic carbocycles. The first-order chi connectivity index (χ1) is 10.5. The van der Waals surface area contributed by atoms with E-state index in [9.17, 15) is 9.59 Å². The standard InChI is InChI=1S/C18H18N2O2/c1-11-7-8-13(9-12(11)2)19-18(22)15-10-17(21)20-16-6-4-3-5-14(15)16/h3-9,15H,10H2,1-2H3,(H,19,22)(H,20,21)/t15-/m1/s1. The molecule has 0 saturated heterocycles. The van der Waals surface area contributed by atoms with Gasteiger partial charge in [0, 0.05) is 17.8 Å². The molecule has 0 fully saturated rings. The predicted molar refractivity (Wildman–Crippen MR) is 87.0 cm³/mol. The number of benzene rings is 2. The summed E-state index contributed by atoms with van der Waals surface area (Å²) in [4.78, 5) is 24.4. The van der Waals surface area contributed by atoms with Crippen molar-refractivity contribution in [2.24, 2.45) is 0 Å². The molecule has 0 aliphatic carbocycles. The summed E-state index contributed by atoms with van der Waals surface area (Å²) in [7, 11) is 0. The fourth-order valence-electron chi connectivity index (χ4n) is 2.69. The lowest BCUT2D eigenvalue weighted by Gasteiger charge is -2.24. The summed E-state index contributed by atoms with van der Waals surface area (Å²) in [6, 6.07) is 13.3. The van der Waals surface area contributed by atoms with E-state index in [-0.39, 0.29) is 18.2 Å². The number of para-hydroxylation sites is 1. The Morgan fingerprint density at radius 3 is 2.68 bits per heavy atom. The molecule has 3 rings (SSSR count). The average Bonchev–Trinajstić information content (AvgIpc) is 2.50. The van der Waals surface area contributed by atoms with Gasteiger partial charge in [-0.25, -0.2) is 0 Å². The van der Waals surface area contributed by atoms with Crippen LogP contribution in [0.25, 0.3) is 0 Å². The minimum absolute atomic E-state index is 0.126. The summed E-state index contributed by atoms with van der Waals surface area (Å²) < 4.78 is 0. The van der Waals surface area contributed by atoms with Crippen LogP contribution >= 0.6 is 0 Å². The van der Waals surface area contributed by atoms with Gasteiger partial charge in [-0.05, 0) is 48.7 Å². The Balaban J connectivity index is 1.86. The van der Waals surface area contributed by atoms with E-state index in [2.05, 4.69) is 10.6 Å². The number of hydrogen-bond acceptors (Lipinski definition) is 2. The predicted octanol–water partition coefficient (Wildman–Crippen LogP) is 3.37. The molecule has 0 bridgehead atoms. The van der Waals surface area contributed by atoms with Gasteiger partial charge in [-0.3, -0.25) is 9.59 Å². The Hall–Kier alpha value is -2.62. The quantitative estimate of drug-likeness (QED) is 0.892. The molecular weight excluding hydrogens is 276 g/mol. The third-order valence-electron chi connectivity index (χ3n) is 4.09. The van der Waals surface area contributed by atoms with E-state index in [0.29, 0.717) is 0 Å². The number of hydrogen-bond donors (Lipinski definition) is 2. The molecule has 2 N–H and O–H groups in total. The van der Waals surface area contributed by atoms with Crippen molar-refractivity contribution in [3.8, 4) is 0 Å². The van der Waals surface area contributed by atoms with Gasteiger partial charge < -0.3 is 10.6 Å². The second-order valence-corrected chi connectivity index (χ2v) is 5.68. The molecule has 2 amide bonds. The third-order valence-corrected chi connectivity index (χ3v) is 4.09. The Bertz CT molecular complexity index is 753. The zero-order valence-corrected chi connectivity index (χ0v) is 12.6. The number of rotatable bonds is 2. The lowest BCUT2D eigenvalue weighted by Crippen LogP contribution is -2.30. The first-order valence-corrected chi connectivity index (χ1v) is 7.31. The molecule has 1 atom stereocenters. The molecule has 0 unspecified atom stereocenters. The second kappa shape index (κ2) is 5.64. The molecule has 0 radical (unpaired) electrons. The largest absolute Gasteiger partial charge is 0.326 e. The van der Waals surface area contributed by atoms with Gasteiger partial charge in [-0.1, -0.05) is 24.3 Å². The molecule has 1 heterocycles. The van der Waals surface area contributed by atoms with Crippen LogP contribution in [0.2, 0.25) is 0 Å². The normalized spacial score (nSPS) is 16.6. The minimum atomic E-state index is -0.452. The summed E-state index contributed by atoms with van der Waals surface area (Å²) in [5.41, 5.74) is 4.65. The summed E-state index contributed by atoms with van der Waals surface area (Å²) in [5, 5.41) is 5.73. The Morgan fingerprint density at radius 2 is 1.91 bits per heavy atom. The molecular formula is C18H18N2O2. The van der Waals surface area contributed by atoms with E-state index in [4.69, 9.17) is 0 Å². The molecule has 0 spiro atoms. The van der Waals surface area contributed by atoms with Crippen LogP contribution in [0.4, 0.5) is 11.4 Å². The Morgan fingerprint density at radius 1 is 1.14 bits per heavy atom. The highest BCUT2D eigenvalue weighted by Gasteiger charge is 2.30. The van der Waals surface area contributed by atoms with Gasteiger partial charge in [0.05, 0.1) is 5.92 Å². The number of carbonyl (C=O) groups is 2. The minimum Gasteiger partial charge on any atom is -0.326 e. The SMILES string of the molecule is Cc1ccc(NC(=O)[C@@H]2CC(=O)Nc3ccccc32)cc1C. The number of amides is 2. The van der Waals surface area contributed by atoms with Crippen LogP contribution in [0.1, 0.15) is 29.0 Å². The third kappa shape index (κ3) is 2.72. The maximum atomic E-state index is 12.6. The molecule has 2 aromatic rings. The average molecular weight is 294 g/mol. The molecule has 22 heavy (non-hydrogen) atoms. The van der Waals surface area contributed by atoms with Crippen molar-refractivity contribution in [2.75, 3.05) is 10.6 Å². The van der Waals surface area contributed by atoms with Gasteiger partial charge in [0.25, 0.3) is 0 Å². The van der Waals surface area contributed by atoms with Crippen molar-refractivity contribution >= 4 is 23.2 Å². The van der Waals surface area contributed by atoms with E-state index < -0.39 is 5.92 Å². The van der Waals surface area contributed by atoms with Gasteiger partial charge in [0.1, 0.15) is 0 Å². The number of anilines is 2. The van der Waals surface area contributed by atoms with Crippen molar-refractivity contribution in [2.45, 2.75) is 26.2 Å². The lowest BCUT2D eigenvalue weighted by molar-refractivity contribution is -0.123. The summed E-state index contributed by atoms with van der Waals surface area (Å²) in [6.45, 7) is 4.04. The number of carbonyl (C=O) groups excluding carboxylic acids is 2. The number of nitrogens with one attached hydrogen (secondary N) is 2. The van der Waals surface area contributed by atoms with E-state index >= 15 is 0 Å². The van der Waals surface area contributed by atoms with Crippen LogP contribution in [-0.4, -0.2) is 11.8 Å². The maximum Gasteiger partial charge on any atom is 0.232 e. The Kier molecular flexibility index (Phi) is 3.67. The van der Waals surface area contributed by atoms with Crippen molar-refractivity contribution in [3.63, 3.8) is 0 Å². The van der Waals surface area contributed by atoms with Gasteiger partial charge in [-0.2, -0.15) is 0 Å². The van der Waals surface area contributed by atoms with Crippen LogP contribution in [0, 0.1) is 13.8 Å². The van der Waals surface area contributed by atoms with Crippen LogP contribution in [-0.2, 0) is 9.59 Å². The Labute approximate surface area is 129 Å². The summed E-state index contributed by atoms with van der Waals surface area (Å²) in [6.07, 6.45) is 0.174. The number of aryl methyl sites for hydroxylation is 2. The molecule has 0 saturated carbocycles. The fraction of sp³-hybridized carbons (Fsp3) is 0.222. The molecule has 112 valence electrons. The van der Waals surface area contributed by atoms with Gasteiger partial charge in [0.15, 0.2) is 0 Å². The topological polar surface area (TPSA) is 58.2 Å². The van der Waals surface area contributed by atoms with E-state index in [0.717, 1.165) is 22.5 Å². The number of fused-ring (bicyclic) bond motifs is 1. The van der Waals surface area contributed by atoms with Crippen molar-refractivity contribution < 1.29 is 9.59 Å². The van der Waals surface area contributed by atoms with Gasteiger partial charge >= 0.3 is 0 Å². The monoisotopic (exact) mass is 294 g/mol. The van der Waals surface area contributed by atoms with E-state index in [1.54, 1.807) is 0 Å². The van der Waals surface area contributed by atoms with Crippen molar-refractivity contribution in [3.05, 3.63) is 59.2 Å². The molecule has 1 aliphatic rings. The molecule has 0 aromatic heterocycles. The smallest absolute Gasteiger partial charge is 0.232 e. The highest BCUT2D eigenvalue weighted by Crippen LogP contribution is 2.32. The second-order valence-electron chi connectivity index (χ2n) is 5.68. The first kappa shape index (κ1) is 14.3.